The summed E-state index contributed by atoms with van der Waals surface area (Å²) < 4.78 is 2.37. The highest BCUT2D eigenvalue weighted by Gasteiger charge is 2.08. The molecule has 0 bridgehead atoms. The fourth-order valence-electron chi connectivity index (χ4n) is 2.15. The third kappa shape index (κ3) is 4.01. The van der Waals surface area contributed by atoms with Gasteiger partial charge in [-0.15, -0.1) is 0 Å². The van der Waals surface area contributed by atoms with Crippen molar-refractivity contribution in [3.63, 3.8) is 0 Å². The number of hydrogen-bond acceptors (Lipinski definition) is 1. The predicted molar refractivity (Wildman–Crippen MR) is 70.5 cm³/mol. The summed E-state index contributed by atoms with van der Waals surface area (Å²) in [6.45, 7) is 7.86. The lowest BCUT2D eigenvalue weighted by atomic mass is 10.1. The molecule has 2 N–H and O–H groups in total. The molecule has 92 valence electrons. The second-order valence-corrected chi connectivity index (χ2v) is 4.92. The van der Waals surface area contributed by atoms with Gasteiger partial charge in [0.1, 0.15) is 0 Å². The molecule has 0 saturated heterocycles. The minimum absolute atomic E-state index is 0.301. The quantitative estimate of drug-likeness (QED) is 0.754. The summed E-state index contributed by atoms with van der Waals surface area (Å²) in [6.07, 6.45) is 6.81. The summed E-state index contributed by atoms with van der Waals surface area (Å²) >= 11 is 0. The van der Waals surface area contributed by atoms with E-state index in [0.717, 1.165) is 25.3 Å². The summed E-state index contributed by atoms with van der Waals surface area (Å²) in [5, 5.41) is 0. The molecule has 2 atom stereocenters. The van der Waals surface area contributed by atoms with Crippen LogP contribution in [0.4, 0.5) is 0 Å². The molecule has 0 aliphatic carbocycles. The summed E-state index contributed by atoms with van der Waals surface area (Å²) in [4.78, 5) is 0. The maximum absolute atomic E-state index is 6.01. The Balaban J connectivity index is 2.56. The first kappa shape index (κ1) is 13.3. The molecule has 0 aliphatic heterocycles. The molecule has 2 nitrogen and oxygen atoms in total. The van der Waals surface area contributed by atoms with Crippen molar-refractivity contribution >= 4 is 0 Å². The van der Waals surface area contributed by atoms with Gasteiger partial charge in [-0.05, 0) is 30.9 Å². The van der Waals surface area contributed by atoms with Gasteiger partial charge in [-0.1, -0.05) is 27.2 Å². The molecule has 2 unspecified atom stereocenters. The van der Waals surface area contributed by atoms with Gasteiger partial charge in [0.05, 0.1) is 0 Å². The first-order chi connectivity index (χ1) is 7.67. The van der Waals surface area contributed by atoms with E-state index >= 15 is 0 Å². The van der Waals surface area contributed by atoms with Crippen LogP contribution in [0.5, 0.6) is 0 Å². The largest absolute Gasteiger partial charge is 0.351 e. The SMILES string of the molecule is CCCC(C)Cn1cccc1CC(N)CC. The Labute approximate surface area is 99.8 Å². The summed E-state index contributed by atoms with van der Waals surface area (Å²) in [5.41, 5.74) is 7.40. The van der Waals surface area contributed by atoms with E-state index in [-0.39, 0.29) is 0 Å². The first-order valence-corrected chi connectivity index (χ1v) is 6.56. The second-order valence-electron chi connectivity index (χ2n) is 4.92. The molecule has 0 spiro atoms. The Morgan fingerprint density at radius 2 is 2.12 bits per heavy atom. The predicted octanol–water partition coefficient (Wildman–Crippen LogP) is 3.20. The Kier molecular flexibility index (Phi) is 5.61. The Morgan fingerprint density at radius 3 is 2.75 bits per heavy atom. The molecular formula is C14H26N2. The van der Waals surface area contributed by atoms with Gasteiger partial charge in [-0.25, -0.2) is 0 Å². The Hall–Kier alpha value is -0.760. The molecule has 0 amide bonds. The van der Waals surface area contributed by atoms with Crippen LogP contribution in [0.25, 0.3) is 0 Å². The molecular weight excluding hydrogens is 196 g/mol. The molecule has 1 aromatic rings. The van der Waals surface area contributed by atoms with Crippen LogP contribution in [0.2, 0.25) is 0 Å². The van der Waals surface area contributed by atoms with Crippen LogP contribution in [0.1, 0.15) is 45.7 Å². The standard InChI is InChI=1S/C14H26N2/c1-4-7-12(3)11-16-9-6-8-14(16)10-13(15)5-2/h6,8-9,12-13H,4-5,7,10-11,15H2,1-3H3. The van der Waals surface area contributed by atoms with Gasteiger partial charge in [0, 0.05) is 30.9 Å². The van der Waals surface area contributed by atoms with Crippen molar-refractivity contribution in [2.75, 3.05) is 0 Å². The van der Waals surface area contributed by atoms with Gasteiger partial charge < -0.3 is 10.3 Å². The van der Waals surface area contributed by atoms with Crippen molar-refractivity contribution in [2.45, 2.75) is 59.0 Å². The summed E-state index contributed by atoms with van der Waals surface area (Å²) in [7, 11) is 0. The van der Waals surface area contributed by atoms with Crippen molar-refractivity contribution in [1.29, 1.82) is 0 Å². The van der Waals surface area contributed by atoms with E-state index in [1.807, 2.05) is 0 Å². The lowest BCUT2D eigenvalue weighted by molar-refractivity contribution is 0.435. The Bertz CT molecular complexity index is 291. The highest BCUT2D eigenvalue weighted by molar-refractivity contribution is 5.08. The van der Waals surface area contributed by atoms with Gasteiger partial charge in [-0.2, -0.15) is 0 Å². The molecule has 0 aliphatic rings. The van der Waals surface area contributed by atoms with Crippen molar-refractivity contribution in [2.24, 2.45) is 11.7 Å². The number of rotatable bonds is 7. The van der Waals surface area contributed by atoms with Gasteiger partial charge in [0.15, 0.2) is 0 Å². The van der Waals surface area contributed by atoms with E-state index in [9.17, 15) is 0 Å². The van der Waals surface area contributed by atoms with E-state index in [1.54, 1.807) is 0 Å². The van der Waals surface area contributed by atoms with Crippen LogP contribution in [-0.4, -0.2) is 10.6 Å². The minimum Gasteiger partial charge on any atom is -0.351 e. The van der Waals surface area contributed by atoms with E-state index in [0.29, 0.717) is 6.04 Å². The van der Waals surface area contributed by atoms with E-state index in [4.69, 9.17) is 5.73 Å². The van der Waals surface area contributed by atoms with Crippen LogP contribution in [0.3, 0.4) is 0 Å². The zero-order valence-electron chi connectivity index (χ0n) is 10.9. The lowest BCUT2D eigenvalue weighted by Crippen LogP contribution is -2.23. The van der Waals surface area contributed by atoms with Crippen molar-refractivity contribution in [3.05, 3.63) is 24.0 Å². The summed E-state index contributed by atoms with van der Waals surface area (Å²) in [5.74, 6) is 0.758. The molecule has 1 rings (SSSR count). The van der Waals surface area contributed by atoms with Gasteiger partial charge in [0.2, 0.25) is 0 Å². The average molecular weight is 222 g/mol. The summed E-state index contributed by atoms with van der Waals surface area (Å²) in [6, 6.07) is 4.64. The maximum atomic E-state index is 6.01. The van der Waals surface area contributed by atoms with Crippen LogP contribution < -0.4 is 5.73 Å². The zero-order chi connectivity index (χ0) is 12.0. The van der Waals surface area contributed by atoms with E-state index < -0.39 is 0 Å². The number of nitrogens with zero attached hydrogens (tertiary/aromatic N) is 1. The molecule has 0 radical (unpaired) electrons. The average Bonchev–Trinajstić information content (AvgIpc) is 2.66. The number of hydrogen-bond donors (Lipinski definition) is 1. The number of aromatic nitrogens is 1. The highest BCUT2D eigenvalue weighted by atomic mass is 15.0. The van der Waals surface area contributed by atoms with Crippen LogP contribution >= 0.6 is 0 Å². The van der Waals surface area contributed by atoms with Crippen LogP contribution in [-0.2, 0) is 13.0 Å². The second kappa shape index (κ2) is 6.74. The first-order valence-electron chi connectivity index (χ1n) is 6.56. The Morgan fingerprint density at radius 1 is 1.38 bits per heavy atom. The number of nitrogens with two attached hydrogens (primary N) is 1. The molecule has 2 heteroatoms. The fourth-order valence-corrected chi connectivity index (χ4v) is 2.15. The molecule has 1 heterocycles. The molecule has 0 aromatic carbocycles. The van der Waals surface area contributed by atoms with Gasteiger partial charge >= 0.3 is 0 Å². The van der Waals surface area contributed by atoms with Crippen LogP contribution in [0, 0.1) is 5.92 Å². The van der Waals surface area contributed by atoms with E-state index in [1.165, 1.54) is 18.5 Å². The molecule has 0 fully saturated rings. The molecule has 16 heavy (non-hydrogen) atoms. The minimum atomic E-state index is 0.301. The lowest BCUT2D eigenvalue weighted by Gasteiger charge is -2.16. The van der Waals surface area contributed by atoms with E-state index in [2.05, 4.69) is 43.7 Å². The molecule has 1 aromatic heterocycles. The molecule has 0 saturated carbocycles. The van der Waals surface area contributed by atoms with Crippen molar-refractivity contribution in [1.82, 2.24) is 4.57 Å². The van der Waals surface area contributed by atoms with Crippen molar-refractivity contribution < 1.29 is 0 Å². The topological polar surface area (TPSA) is 30.9 Å². The maximum Gasteiger partial charge on any atom is 0.0247 e. The zero-order valence-corrected chi connectivity index (χ0v) is 10.9. The normalized spacial score (nSPS) is 15.0. The van der Waals surface area contributed by atoms with Crippen molar-refractivity contribution in [3.8, 4) is 0 Å². The van der Waals surface area contributed by atoms with Crippen LogP contribution in [0.15, 0.2) is 18.3 Å². The highest BCUT2D eigenvalue weighted by Crippen LogP contribution is 2.13. The fraction of sp³-hybridized carbons (Fsp3) is 0.714. The smallest absolute Gasteiger partial charge is 0.0247 e. The third-order valence-corrected chi connectivity index (χ3v) is 3.21. The van der Waals surface area contributed by atoms with Gasteiger partial charge in [-0.3, -0.25) is 0 Å². The monoisotopic (exact) mass is 222 g/mol. The van der Waals surface area contributed by atoms with Gasteiger partial charge in [0.25, 0.3) is 0 Å². The third-order valence-electron chi connectivity index (χ3n) is 3.21.